The van der Waals surface area contributed by atoms with Gasteiger partial charge in [-0.2, -0.15) is 13.2 Å². The van der Waals surface area contributed by atoms with Crippen molar-refractivity contribution < 1.29 is 23.0 Å². The Balaban J connectivity index is 2.07. The molecule has 166 valence electrons. The summed E-state index contributed by atoms with van der Waals surface area (Å²) in [5.74, 6) is 0. The number of thioether (sulfide) groups is 1. The smallest absolute Gasteiger partial charge is 0.372 e. The van der Waals surface area contributed by atoms with Gasteiger partial charge in [-0.25, -0.2) is 0 Å². The van der Waals surface area contributed by atoms with Gasteiger partial charge in [-0.1, -0.05) is 6.07 Å². The van der Waals surface area contributed by atoms with E-state index in [2.05, 4.69) is 16.0 Å². The Morgan fingerprint density at radius 1 is 1.10 bits per heavy atom. The molecular weight excluding hydrogens is 459 g/mol. The van der Waals surface area contributed by atoms with E-state index in [9.17, 15) is 33.4 Å². The van der Waals surface area contributed by atoms with Crippen molar-refractivity contribution in [3.63, 3.8) is 0 Å². The van der Waals surface area contributed by atoms with E-state index < -0.39 is 38.6 Å². The average molecular weight is 475 g/mol. The van der Waals surface area contributed by atoms with Gasteiger partial charge in [0.2, 0.25) is 0 Å². The lowest BCUT2D eigenvalue weighted by atomic mass is 10.1. The van der Waals surface area contributed by atoms with E-state index >= 15 is 0 Å². The maximum absolute atomic E-state index is 12.9. The highest BCUT2D eigenvalue weighted by molar-refractivity contribution is 7.98. The molecule has 0 bridgehead atoms. The Kier molecular flexibility index (Phi) is 7.99. The normalized spacial score (nSPS) is 11.0. The summed E-state index contributed by atoms with van der Waals surface area (Å²) in [4.78, 5) is 21.2. The zero-order valence-corrected chi connectivity index (χ0v) is 17.5. The minimum Gasteiger partial charge on any atom is -0.372 e. The molecule has 31 heavy (non-hydrogen) atoms. The molecule has 0 radical (unpaired) electrons. The highest BCUT2D eigenvalue weighted by Gasteiger charge is 2.37. The average Bonchev–Trinajstić information content (AvgIpc) is 2.69. The molecule has 0 fully saturated rings. The van der Waals surface area contributed by atoms with Crippen LogP contribution in [0, 0.1) is 20.2 Å². The van der Waals surface area contributed by atoms with Crippen LogP contribution in [0.2, 0.25) is 0 Å². The Morgan fingerprint density at radius 2 is 1.71 bits per heavy atom. The number of nitro benzene ring substituents is 2. The standard InChI is InChI=1S/C17H16F3N5O4S2/c1-31-12-4-2-3-11(9-12)23-16(30)22-6-5-21-15-13(24(26)27)7-10(17(18,19)20)8-14(15)25(28)29/h2-4,7-9,21H,5-6H2,1H3,(H2,22,23,30). The Bertz CT molecular complexity index is 969. The first-order valence-electron chi connectivity index (χ1n) is 8.49. The van der Waals surface area contributed by atoms with Gasteiger partial charge in [0.05, 0.1) is 15.4 Å². The zero-order valence-electron chi connectivity index (χ0n) is 15.9. The van der Waals surface area contributed by atoms with E-state index in [-0.39, 0.29) is 30.3 Å². The molecule has 0 atom stereocenters. The van der Waals surface area contributed by atoms with E-state index in [0.717, 1.165) is 10.6 Å². The van der Waals surface area contributed by atoms with Crippen molar-refractivity contribution in [1.29, 1.82) is 0 Å². The van der Waals surface area contributed by atoms with E-state index in [0.29, 0.717) is 0 Å². The maximum atomic E-state index is 12.9. The molecule has 0 aliphatic carbocycles. The number of hydrogen-bond donors (Lipinski definition) is 3. The van der Waals surface area contributed by atoms with Crippen molar-refractivity contribution in [2.45, 2.75) is 11.1 Å². The first kappa shape index (κ1) is 24.1. The predicted octanol–water partition coefficient (Wildman–Crippen LogP) is 4.64. The molecule has 0 saturated heterocycles. The molecule has 0 aromatic heterocycles. The monoisotopic (exact) mass is 475 g/mol. The van der Waals surface area contributed by atoms with Crippen molar-refractivity contribution in [2.24, 2.45) is 0 Å². The first-order chi connectivity index (χ1) is 14.5. The van der Waals surface area contributed by atoms with Crippen molar-refractivity contribution in [3.05, 3.63) is 62.2 Å². The van der Waals surface area contributed by atoms with E-state index in [4.69, 9.17) is 12.2 Å². The van der Waals surface area contributed by atoms with Crippen molar-refractivity contribution >= 4 is 51.8 Å². The van der Waals surface area contributed by atoms with Crippen LogP contribution in [0.25, 0.3) is 0 Å². The van der Waals surface area contributed by atoms with Gasteiger partial charge in [0.25, 0.3) is 11.4 Å². The van der Waals surface area contributed by atoms with E-state index in [1.165, 1.54) is 0 Å². The molecular formula is C17H16F3N5O4S2. The molecule has 0 aliphatic heterocycles. The number of alkyl halides is 3. The topological polar surface area (TPSA) is 122 Å². The minimum atomic E-state index is -4.97. The molecule has 3 N–H and O–H groups in total. The molecule has 2 rings (SSSR count). The van der Waals surface area contributed by atoms with Gasteiger partial charge in [-0.05, 0) is 36.7 Å². The second-order valence-electron chi connectivity index (χ2n) is 5.94. The quantitative estimate of drug-likeness (QED) is 0.165. The molecule has 2 aromatic rings. The summed E-state index contributed by atoms with van der Waals surface area (Å²) in [6.07, 6.45) is -3.05. The van der Waals surface area contributed by atoms with Gasteiger partial charge in [0.15, 0.2) is 10.8 Å². The van der Waals surface area contributed by atoms with Crippen LogP contribution >= 0.6 is 24.0 Å². The van der Waals surface area contributed by atoms with Crippen LogP contribution in [0.15, 0.2) is 41.3 Å². The van der Waals surface area contributed by atoms with E-state index in [1.807, 2.05) is 24.5 Å². The highest BCUT2D eigenvalue weighted by atomic mass is 32.2. The molecule has 0 aliphatic rings. The summed E-state index contributed by atoms with van der Waals surface area (Å²) in [7, 11) is 0. The van der Waals surface area contributed by atoms with Crippen LogP contribution in [0.1, 0.15) is 5.56 Å². The molecule has 0 unspecified atom stereocenters. The largest absolute Gasteiger partial charge is 0.416 e. The third kappa shape index (κ3) is 6.68. The molecule has 0 amide bonds. The fourth-order valence-electron chi connectivity index (χ4n) is 2.48. The van der Waals surface area contributed by atoms with Crippen LogP contribution < -0.4 is 16.0 Å². The second-order valence-corrected chi connectivity index (χ2v) is 7.23. The number of halogens is 3. The lowest BCUT2D eigenvalue weighted by Gasteiger charge is -2.13. The maximum Gasteiger partial charge on any atom is 0.416 e. The Hall–Kier alpha value is -3.13. The highest BCUT2D eigenvalue weighted by Crippen LogP contribution is 2.41. The van der Waals surface area contributed by atoms with Gasteiger partial charge in [-0.3, -0.25) is 20.2 Å². The van der Waals surface area contributed by atoms with Crippen molar-refractivity contribution in [2.75, 3.05) is 30.0 Å². The third-order valence-corrected chi connectivity index (χ3v) is 4.83. The zero-order chi connectivity index (χ0) is 23.2. The van der Waals surface area contributed by atoms with Crippen LogP contribution in [0.4, 0.5) is 35.9 Å². The molecule has 0 heterocycles. The number of rotatable bonds is 8. The number of hydrogen-bond acceptors (Lipinski definition) is 7. The lowest BCUT2D eigenvalue weighted by molar-refractivity contribution is -0.392. The number of anilines is 2. The lowest BCUT2D eigenvalue weighted by Crippen LogP contribution is -2.32. The molecule has 0 spiro atoms. The summed E-state index contributed by atoms with van der Waals surface area (Å²) < 4.78 is 38.8. The number of benzene rings is 2. The second kappa shape index (κ2) is 10.3. The summed E-state index contributed by atoms with van der Waals surface area (Å²) in [6.45, 7) is 0.00307. The van der Waals surface area contributed by atoms with Gasteiger partial charge in [-0.15, -0.1) is 11.8 Å². The van der Waals surface area contributed by atoms with Crippen LogP contribution in [-0.2, 0) is 6.18 Å². The van der Waals surface area contributed by atoms with Gasteiger partial charge >= 0.3 is 6.18 Å². The number of thiocarbonyl (C=S) groups is 1. The Labute approximate surface area is 183 Å². The minimum absolute atomic E-state index is 0.0836. The molecule has 9 nitrogen and oxygen atoms in total. The molecule has 0 saturated carbocycles. The van der Waals surface area contributed by atoms with Crippen molar-refractivity contribution in [1.82, 2.24) is 5.32 Å². The summed E-state index contributed by atoms with van der Waals surface area (Å²) in [6, 6.07) is 7.93. The third-order valence-electron chi connectivity index (χ3n) is 3.86. The van der Waals surface area contributed by atoms with Crippen LogP contribution in [0.5, 0.6) is 0 Å². The van der Waals surface area contributed by atoms with Gasteiger partial charge in [0, 0.05) is 35.8 Å². The molecule has 14 heteroatoms. The fraction of sp³-hybridized carbons (Fsp3) is 0.235. The number of nitrogens with zero attached hydrogens (tertiary/aromatic N) is 2. The Morgan fingerprint density at radius 3 is 2.23 bits per heavy atom. The van der Waals surface area contributed by atoms with Crippen LogP contribution in [-0.4, -0.2) is 34.3 Å². The van der Waals surface area contributed by atoms with Gasteiger partial charge in [0.1, 0.15) is 0 Å². The summed E-state index contributed by atoms with van der Waals surface area (Å²) in [5, 5.41) is 30.8. The predicted molar refractivity (Wildman–Crippen MR) is 116 cm³/mol. The fourth-order valence-corrected chi connectivity index (χ4v) is 3.16. The summed E-state index contributed by atoms with van der Waals surface area (Å²) >= 11 is 6.68. The van der Waals surface area contributed by atoms with Crippen LogP contribution in [0.3, 0.4) is 0 Å². The first-order valence-corrected chi connectivity index (χ1v) is 10.1. The number of nitrogens with one attached hydrogen (secondary N) is 3. The number of nitro groups is 2. The van der Waals surface area contributed by atoms with Gasteiger partial charge < -0.3 is 16.0 Å². The van der Waals surface area contributed by atoms with Crippen molar-refractivity contribution in [3.8, 4) is 0 Å². The molecule has 2 aromatic carbocycles. The SMILES string of the molecule is CSc1cccc(NC(=S)NCCNc2c([N+](=O)[O-])cc(C(F)(F)F)cc2[N+](=O)[O-])c1. The van der Waals surface area contributed by atoms with E-state index in [1.54, 1.807) is 17.8 Å². The summed E-state index contributed by atoms with van der Waals surface area (Å²) in [5.41, 5.74) is -3.46.